The minimum absolute atomic E-state index is 0.00977. The standard InChI is InChI=1S/C23H26N4O3S/c28-21(24-18-12-14-30-19-10-5-4-9-17(18)19)15-31-23-26-25-22(20-11-6-13-29-20)27(23)16-7-2-1-3-8-16/h4-6,9-11,13,16,18H,1-3,7-8,12,14-15H2,(H,24,28). The second-order valence-corrected chi connectivity index (χ2v) is 8.97. The summed E-state index contributed by atoms with van der Waals surface area (Å²) >= 11 is 1.44. The van der Waals surface area contributed by atoms with Crippen LogP contribution in [0.15, 0.2) is 52.2 Å². The molecule has 7 nitrogen and oxygen atoms in total. The number of rotatable bonds is 6. The number of fused-ring (bicyclic) bond motifs is 1. The first-order chi connectivity index (χ1) is 15.3. The van der Waals surface area contributed by atoms with Crippen molar-refractivity contribution in [3.05, 3.63) is 48.2 Å². The molecule has 8 heteroatoms. The van der Waals surface area contributed by atoms with Crippen LogP contribution in [-0.2, 0) is 4.79 Å². The van der Waals surface area contributed by atoms with Gasteiger partial charge in [0.15, 0.2) is 10.9 Å². The molecule has 1 aromatic carbocycles. The van der Waals surface area contributed by atoms with Crippen molar-refractivity contribution in [1.29, 1.82) is 0 Å². The zero-order chi connectivity index (χ0) is 21.0. The molecule has 1 aliphatic carbocycles. The van der Waals surface area contributed by atoms with Gasteiger partial charge in [0, 0.05) is 18.0 Å². The van der Waals surface area contributed by atoms with E-state index in [1.54, 1.807) is 6.26 Å². The van der Waals surface area contributed by atoms with E-state index in [0.29, 0.717) is 24.2 Å². The lowest BCUT2D eigenvalue weighted by molar-refractivity contribution is -0.119. The molecule has 1 N–H and O–H groups in total. The van der Waals surface area contributed by atoms with Crippen molar-refractivity contribution in [2.75, 3.05) is 12.4 Å². The van der Waals surface area contributed by atoms with E-state index in [4.69, 9.17) is 9.15 Å². The van der Waals surface area contributed by atoms with Gasteiger partial charge in [0.2, 0.25) is 11.7 Å². The monoisotopic (exact) mass is 438 g/mol. The lowest BCUT2D eigenvalue weighted by Crippen LogP contribution is -2.33. The Balaban J connectivity index is 1.30. The molecule has 0 saturated heterocycles. The molecule has 2 aliphatic rings. The maximum absolute atomic E-state index is 12.8. The maximum Gasteiger partial charge on any atom is 0.230 e. The molecule has 31 heavy (non-hydrogen) atoms. The Morgan fingerprint density at radius 3 is 2.81 bits per heavy atom. The number of nitrogens with one attached hydrogen (secondary N) is 1. The number of amides is 1. The summed E-state index contributed by atoms with van der Waals surface area (Å²) in [5, 5.41) is 12.8. The van der Waals surface area contributed by atoms with Gasteiger partial charge in [0.05, 0.1) is 24.7 Å². The highest BCUT2D eigenvalue weighted by atomic mass is 32.2. The van der Waals surface area contributed by atoms with Crippen molar-refractivity contribution < 1.29 is 13.9 Å². The van der Waals surface area contributed by atoms with E-state index in [9.17, 15) is 4.79 Å². The predicted octanol–water partition coefficient (Wildman–Crippen LogP) is 4.78. The zero-order valence-corrected chi connectivity index (χ0v) is 18.1. The molecule has 1 fully saturated rings. The van der Waals surface area contributed by atoms with Crippen LogP contribution >= 0.6 is 11.8 Å². The first-order valence-corrected chi connectivity index (χ1v) is 11.9. The number of hydrogen-bond donors (Lipinski definition) is 1. The van der Waals surface area contributed by atoms with Gasteiger partial charge in [-0.15, -0.1) is 10.2 Å². The first kappa shape index (κ1) is 20.2. The van der Waals surface area contributed by atoms with Crippen LogP contribution in [0.25, 0.3) is 11.6 Å². The van der Waals surface area contributed by atoms with Crippen LogP contribution < -0.4 is 10.1 Å². The summed E-state index contributed by atoms with van der Waals surface area (Å²) in [5.74, 6) is 2.60. The summed E-state index contributed by atoms with van der Waals surface area (Å²) in [5.41, 5.74) is 1.04. The molecule has 5 rings (SSSR count). The van der Waals surface area contributed by atoms with Crippen molar-refractivity contribution in [3.8, 4) is 17.3 Å². The fraction of sp³-hybridized carbons (Fsp3) is 0.435. The number of nitrogens with zero attached hydrogens (tertiary/aromatic N) is 3. The Hall–Kier alpha value is -2.74. The number of carbonyl (C=O) groups excluding carboxylic acids is 1. The van der Waals surface area contributed by atoms with Crippen molar-refractivity contribution in [1.82, 2.24) is 20.1 Å². The van der Waals surface area contributed by atoms with Crippen molar-refractivity contribution >= 4 is 17.7 Å². The van der Waals surface area contributed by atoms with E-state index >= 15 is 0 Å². The van der Waals surface area contributed by atoms with E-state index in [1.165, 1.54) is 31.0 Å². The molecule has 2 aromatic heterocycles. The van der Waals surface area contributed by atoms with Crippen LogP contribution in [0.4, 0.5) is 0 Å². The third-order valence-corrected chi connectivity index (χ3v) is 6.92. The van der Waals surface area contributed by atoms with Crippen LogP contribution in [0, 0.1) is 0 Å². The lowest BCUT2D eigenvalue weighted by Gasteiger charge is -2.27. The molecule has 1 atom stereocenters. The van der Waals surface area contributed by atoms with Crippen molar-refractivity contribution in [2.45, 2.75) is 55.8 Å². The smallest absolute Gasteiger partial charge is 0.230 e. The quantitative estimate of drug-likeness (QED) is 0.558. The lowest BCUT2D eigenvalue weighted by atomic mass is 9.95. The van der Waals surface area contributed by atoms with Gasteiger partial charge in [0.25, 0.3) is 0 Å². The van der Waals surface area contributed by atoms with Crippen molar-refractivity contribution in [3.63, 3.8) is 0 Å². The van der Waals surface area contributed by atoms with Crippen LogP contribution in [0.2, 0.25) is 0 Å². The average Bonchev–Trinajstić information content (AvgIpc) is 3.48. The summed E-state index contributed by atoms with van der Waals surface area (Å²) in [7, 11) is 0. The topological polar surface area (TPSA) is 82.2 Å². The minimum atomic E-state index is -0.0204. The second kappa shape index (κ2) is 9.18. The Bertz CT molecular complexity index is 1030. The Morgan fingerprint density at radius 1 is 1.10 bits per heavy atom. The number of ether oxygens (including phenoxy) is 1. The Kier molecular flexibility index (Phi) is 5.97. The first-order valence-electron chi connectivity index (χ1n) is 10.9. The van der Waals surface area contributed by atoms with Crippen LogP contribution in [0.3, 0.4) is 0 Å². The second-order valence-electron chi connectivity index (χ2n) is 8.03. The van der Waals surface area contributed by atoms with E-state index < -0.39 is 0 Å². The van der Waals surface area contributed by atoms with Crippen LogP contribution in [0.5, 0.6) is 5.75 Å². The molecule has 0 spiro atoms. The number of thioether (sulfide) groups is 1. The highest BCUT2D eigenvalue weighted by Crippen LogP contribution is 2.36. The largest absolute Gasteiger partial charge is 0.493 e. The van der Waals surface area contributed by atoms with Crippen LogP contribution in [0.1, 0.15) is 56.2 Å². The average molecular weight is 439 g/mol. The van der Waals surface area contributed by atoms with Crippen LogP contribution in [-0.4, -0.2) is 33.0 Å². The Morgan fingerprint density at radius 2 is 1.97 bits per heavy atom. The van der Waals surface area contributed by atoms with Gasteiger partial charge in [-0.25, -0.2) is 0 Å². The molecule has 1 aliphatic heterocycles. The van der Waals surface area contributed by atoms with Gasteiger partial charge in [-0.1, -0.05) is 49.2 Å². The third-order valence-electron chi connectivity index (χ3n) is 5.97. The fourth-order valence-electron chi connectivity index (χ4n) is 4.48. The Labute approximate surface area is 185 Å². The predicted molar refractivity (Wildman–Crippen MR) is 118 cm³/mol. The molecule has 162 valence electrons. The number of hydrogen-bond acceptors (Lipinski definition) is 6. The molecular formula is C23H26N4O3S. The summed E-state index contributed by atoms with van der Waals surface area (Å²) in [4.78, 5) is 12.8. The molecular weight excluding hydrogens is 412 g/mol. The fourth-order valence-corrected chi connectivity index (χ4v) is 5.29. The summed E-state index contributed by atoms with van der Waals surface area (Å²) in [6.07, 6.45) is 8.30. The number of carbonyl (C=O) groups is 1. The zero-order valence-electron chi connectivity index (χ0n) is 17.3. The molecule has 3 aromatic rings. The molecule has 3 heterocycles. The van der Waals surface area contributed by atoms with Gasteiger partial charge >= 0.3 is 0 Å². The molecule has 0 bridgehead atoms. The summed E-state index contributed by atoms with van der Waals surface area (Å²) in [6.45, 7) is 0.609. The molecule has 1 saturated carbocycles. The number of benzene rings is 1. The van der Waals surface area contributed by atoms with Gasteiger partial charge in [0.1, 0.15) is 5.75 Å². The SMILES string of the molecule is O=C(CSc1nnc(-c2ccco2)n1C1CCCCC1)NC1CCOc2ccccc21. The van der Waals surface area contributed by atoms with E-state index in [-0.39, 0.29) is 11.9 Å². The minimum Gasteiger partial charge on any atom is -0.493 e. The van der Waals surface area contributed by atoms with Gasteiger partial charge in [-0.05, 0) is 31.0 Å². The van der Waals surface area contributed by atoms with Crippen molar-refractivity contribution in [2.24, 2.45) is 0 Å². The number of furan rings is 1. The van der Waals surface area contributed by atoms with Gasteiger partial charge in [-0.2, -0.15) is 0 Å². The van der Waals surface area contributed by atoms with E-state index in [0.717, 1.165) is 41.6 Å². The van der Waals surface area contributed by atoms with E-state index in [2.05, 4.69) is 20.1 Å². The van der Waals surface area contributed by atoms with Gasteiger partial charge < -0.3 is 14.5 Å². The third kappa shape index (κ3) is 4.35. The molecule has 0 radical (unpaired) electrons. The molecule has 1 unspecified atom stereocenters. The summed E-state index contributed by atoms with van der Waals surface area (Å²) in [6, 6.07) is 12.0. The summed E-state index contributed by atoms with van der Waals surface area (Å²) < 4.78 is 13.5. The maximum atomic E-state index is 12.8. The number of para-hydroxylation sites is 1. The highest BCUT2D eigenvalue weighted by molar-refractivity contribution is 7.99. The normalized spacial score (nSPS) is 18.9. The van der Waals surface area contributed by atoms with E-state index in [1.807, 2.05) is 36.4 Å². The number of aromatic nitrogens is 3. The highest BCUT2D eigenvalue weighted by Gasteiger charge is 2.26. The molecule has 1 amide bonds. The van der Waals surface area contributed by atoms with Gasteiger partial charge in [-0.3, -0.25) is 9.36 Å².